The summed E-state index contributed by atoms with van der Waals surface area (Å²) in [5.41, 5.74) is 0.886. The molecule has 0 aliphatic carbocycles. The van der Waals surface area contributed by atoms with E-state index in [-0.39, 0.29) is 12.5 Å². The molecule has 4 heteroatoms. The topological polar surface area (TPSA) is 52.6 Å². The molecule has 0 fully saturated rings. The van der Waals surface area contributed by atoms with Gasteiger partial charge in [-0.15, -0.1) is 0 Å². The quantitative estimate of drug-likeness (QED) is 0.805. The summed E-state index contributed by atoms with van der Waals surface area (Å²) in [5, 5.41) is 12.6. The molecule has 1 unspecified atom stereocenters. The first-order chi connectivity index (χ1) is 9.43. The van der Waals surface area contributed by atoms with Crippen LogP contribution >= 0.6 is 0 Å². The van der Waals surface area contributed by atoms with Crippen LogP contribution in [-0.4, -0.2) is 36.2 Å². The molecule has 0 saturated carbocycles. The Morgan fingerprint density at radius 3 is 2.20 bits per heavy atom. The highest BCUT2D eigenvalue weighted by Crippen LogP contribution is 2.15. The third-order valence-electron chi connectivity index (χ3n) is 3.65. The monoisotopic (exact) mass is 278 g/mol. The maximum atomic E-state index is 12.0. The van der Waals surface area contributed by atoms with Crippen LogP contribution in [0.15, 0.2) is 24.3 Å². The van der Waals surface area contributed by atoms with Gasteiger partial charge in [0.15, 0.2) is 0 Å². The second kappa shape index (κ2) is 7.29. The molecule has 2 N–H and O–H groups in total. The maximum Gasteiger partial charge on any atom is 0.251 e. The van der Waals surface area contributed by atoms with Crippen LogP contribution in [0.2, 0.25) is 0 Å². The Labute approximate surface area is 121 Å². The van der Waals surface area contributed by atoms with Crippen molar-refractivity contribution in [3.8, 4) is 0 Å². The molecule has 0 saturated heterocycles. The smallest absolute Gasteiger partial charge is 0.251 e. The zero-order valence-corrected chi connectivity index (χ0v) is 12.9. The zero-order valence-electron chi connectivity index (χ0n) is 12.9. The fourth-order valence-electron chi connectivity index (χ4n) is 1.91. The molecule has 1 rings (SSSR count). The molecule has 1 aromatic rings. The van der Waals surface area contributed by atoms with E-state index in [1.54, 1.807) is 6.92 Å². The van der Waals surface area contributed by atoms with E-state index >= 15 is 0 Å². The number of aliphatic hydroxyl groups is 1. The SMILES string of the molecule is CCN(CC)c1ccc(C(=O)NCC(C)(O)CC)cc1. The number of nitrogens with one attached hydrogen (secondary N) is 1. The van der Waals surface area contributed by atoms with E-state index in [0.29, 0.717) is 12.0 Å². The second-order valence-corrected chi connectivity index (χ2v) is 5.25. The predicted molar refractivity (Wildman–Crippen MR) is 83.3 cm³/mol. The number of benzene rings is 1. The summed E-state index contributed by atoms with van der Waals surface area (Å²) in [6, 6.07) is 7.56. The van der Waals surface area contributed by atoms with E-state index in [2.05, 4.69) is 24.1 Å². The van der Waals surface area contributed by atoms with Crippen molar-refractivity contribution in [1.29, 1.82) is 0 Å². The fraction of sp³-hybridized carbons (Fsp3) is 0.562. The molecular formula is C16H26N2O2. The Hall–Kier alpha value is -1.55. The molecular weight excluding hydrogens is 252 g/mol. The van der Waals surface area contributed by atoms with Gasteiger partial charge in [0.1, 0.15) is 0 Å². The number of carbonyl (C=O) groups is 1. The van der Waals surface area contributed by atoms with Crippen molar-refractivity contribution in [2.45, 2.75) is 39.7 Å². The molecule has 0 radical (unpaired) electrons. The van der Waals surface area contributed by atoms with Crippen molar-refractivity contribution in [2.24, 2.45) is 0 Å². The fourth-order valence-corrected chi connectivity index (χ4v) is 1.91. The summed E-state index contributed by atoms with van der Waals surface area (Å²) in [4.78, 5) is 14.2. The van der Waals surface area contributed by atoms with Gasteiger partial charge < -0.3 is 15.3 Å². The van der Waals surface area contributed by atoms with Gasteiger partial charge in [0.05, 0.1) is 5.60 Å². The third kappa shape index (κ3) is 4.53. The number of nitrogens with zero attached hydrogens (tertiary/aromatic N) is 1. The van der Waals surface area contributed by atoms with Crippen molar-refractivity contribution in [1.82, 2.24) is 5.32 Å². The number of hydrogen-bond acceptors (Lipinski definition) is 3. The molecule has 1 amide bonds. The zero-order chi connectivity index (χ0) is 15.2. The summed E-state index contributed by atoms with van der Waals surface area (Å²) in [5.74, 6) is -0.148. The molecule has 0 bridgehead atoms. The van der Waals surface area contributed by atoms with Gasteiger partial charge in [0.25, 0.3) is 5.91 Å². The number of anilines is 1. The highest BCUT2D eigenvalue weighted by Gasteiger charge is 2.18. The van der Waals surface area contributed by atoms with E-state index in [0.717, 1.165) is 18.8 Å². The summed E-state index contributed by atoms with van der Waals surface area (Å²) in [7, 11) is 0. The van der Waals surface area contributed by atoms with Crippen LogP contribution in [0.4, 0.5) is 5.69 Å². The molecule has 4 nitrogen and oxygen atoms in total. The molecule has 20 heavy (non-hydrogen) atoms. The molecule has 1 aromatic carbocycles. The van der Waals surface area contributed by atoms with Gasteiger partial charge >= 0.3 is 0 Å². The van der Waals surface area contributed by atoms with Crippen molar-refractivity contribution in [3.63, 3.8) is 0 Å². The minimum Gasteiger partial charge on any atom is -0.388 e. The van der Waals surface area contributed by atoms with E-state index in [1.807, 2.05) is 31.2 Å². The van der Waals surface area contributed by atoms with Gasteiger partial charge in [-0.2, -0.15) is 0 Å². The molecule has 0 aromatic heterocycles. The minimum absolute atomic E-state index is 0.148. The van der Waals surface area contributed by atoms with Crippen molar-refractivity contribution in [2.75, 3.05) is 24.5 Å². The Kier molecular flexibility index (Phi) is 6.02. The van der Waals surface area contributed by atoms with Gasteiger partial charge in [0.2, 0.25) is 0 Å². The molecule has 0 heterocycles. The molecule has 112 valence electrons. The van der Waals surface area contributed by atoms with Crippen molar-refractivity contribution >= 4 is 11.6 Å². The van der Waals surface area contributed by atoms with Crippen LogP contribution in [0.1, 0.15) is 44.5 Å². The normalized spacial score (nSPS) is 13.7. The molecule has 0 aliphatic rings. The molecule has 0 aliphatic heterocycles. The minimum atomic E-state index is -0.850. The lowest BCUT2D eigenvalue weighted by Gasteiger charge is -2.22. The Morgan fingerprint density at radius 2 is 1.75 bits per heavy atom. The standard InChI is InChI=1S/C16H26N2O2/c1-5-16(4,20)12-17-15(19)13-8-10-14(11-9-13)18(6-2)7-3/h8-11,20H,5-7,12H2,1-4H3,(H,17,19). The summed E-state index contributed by atoms with van der Waals surface area (Å²) in [6.45, 7) is 9.98. The number of carbonyl (C=O) groups excluding carboxylic acids is 1. The van der Waals surface area contributed by atoms with Crippen LogP contribution in [0.3, 0.4) is 0 Å². The van der Waals surface area contributed by atoms with Crippen LogP contribution in [-0.2, 0) is 0 Å². The first-order valence-electron chi connectivity index (χ1n) is 7.29. The predicted octanol–water partition coefficient (Wildman–Crippen LogP) is 2.42. The first-order valence-corrected chi connectivity index (χ1v) is 7.29. The Bertz CT molecular complexity index is 423. The van der Waals surface area contributed by atoms with Crippen LogP contribution in [0.25, 0.3) is 0 Å². The van der Waals surface area contributed by atoms with Gasteiger partial charge in [-0.05, 0) is 51.5 Å². The Balaban J connectivity index is 2.66. The van der Waals surface area contributed by atoms with Gasteiger partial charge in [-0.3, -0.25) is 4.79 Å². The average Bonchev–Trinajstić information content (AvgIpc) is 2.47. The van der Waals surface area contributed by atoms with Crippen LogP contribution in [0, 0.1) is 0 Å². The summed E-state index contributed by atoms with van der Waals surface area (Å²) in [6.07, 6.45) is 0.605. The highest BCUT2D eigenvalue weighted by atomic mass is 16.3. The second-order valence-electron chi connectivity index (χ2n) is 5.25. The Morgan fingerprint density at radius 1 is 1.20 bits per heavy atom. The van der Waals surface area contributed by atoms with E-state index < -0.39 is 5.60 Å². The van der Waals surface area contributed by atoms with Crippen molar-refractivity contribution in [3.05, 3.63) is 29.8 Å². The summed E-state index contributed by atoms with van der Waals surface area (Å²) >= 11 is 0. The highest BCUT2D eigenvalue weighted by molar-refractivity contribution is 5.94. The number of amides is 1. The van der Waals surface area contributed by atoms with E-state index in [4.69, 9.17) is 0 Å². The van der Waals surface area contributed by atoms with Gasteiger partial charge in [0, 0.05) is 30.9 Å². The van der Waals surface area contributed by atoms with Gasteiger partial charge in [-0.25, -0.2) is 0 Å². The van der Waals surface area contributed by atoms with E-state index in [1.165, 1.54) is 0 Å². The number of rotatable bonds is 7. The van der Waals surface area contributed by atoms with Crippen molar-refractivity contribution < 1.29 is 9.90 Å². The lowest BCUT2D eigenvalue weighted by Crippen LogP contribution is -2.40. The van der Waals surface area contributed by atoms with Gasteiger partial charge in [-0.1, -0.05) is 6.92 Å². The van der Waals surface area contributed by atoms with Crippen LogP contribution in [0.5, 0.6) is 0 Å². The largest absolute Gasteiger partial charge is 0.388 e. The average molecular weight is 278 g/mol. The van der Waals surface area contributed by atoms with Crippen LogP contribution < -0.4 is 10.2 Å². The maximum absolute atomic E-state index is 12.0. The summed E-state index contributed by atoms with van der Waals surface area (Å²) < 4.78 is 0. The lowest BCUT2D eigenvalue weighted by atomic mass is 10.0. The lowest BCUT2D eigenvalue weighted by molar-refractivity contribution is 0.0518. The number of hydrogen-bond donors (Lipinski definition) is 2. The molecule has 0 spiro atoms. The van der Waals surface area contributed by atoms with E-state index in [9.17, 15) is 9.90 Å². The third-order valence-corrected chi connectivity index (χ3v) is 3.65. The first kappa shape index (κ1) is 16.5. The molecule has 1 atom stereocenters.